The van der Waals surface area contributed by atoms with Gasteiger partial charge in [-0.1, -0.05) is 65.5 Å². The van der Waals surface area contributed by atoms with Gasteiger partial charge >= 0.3 is 0 Å². The van der Waals surface area contributed by atoms with Crippen LogP contribution in [0, 0.1) is 46.3 Å². The second-order valence-corrected chi connectivity index (χ2v) is 23.5. The number of allylic oxidation sites excluding steroid dienone is 1. The van der Waals surface area contributed by atoms with Crippen molar-refractivity contribution in [3.05, 3.63) is 11.6 Å². The second kappa shape index (κ2) is 13.6. The fraction of sp³-hybridized carbons (Fsp3) is 0.938. The molecule has 0 bridgehead atoms. The third kappa shape index (κ3) is 6.35. The summed E-state index contributed by atoms with van der Waals surface area (Å²) in [6.07, 6.45) is 17.3. The summed E-state index contributed by atoms with van der Waals surface area (Å²) in [4.78, 5) is 0. The van der Waals surface area contributed by atoms with E-state index in [-0.39, 0.29) is 6.10 Å². The molecule has 1 unspecified atom stereocenters. The summed E-state index contributed by atoms with van der Waals surface area (Å²) in [5.41, 5.74) is 2.48. The molecule has 0 aromatic carbocycles. The van der Waals surface area contributed by atoms with Crippen molar-refractivity contribution in [1.82, 2.24) is 25.4 Å². The van der Waals surface area contributed by atoms with Crippen LogP contribution in [-0.2, 0) is 4.52 Å². The van der Waals surface area contributed by atoms with Gasteiger partial charge in [0.1, 0.15) is 0 Å². The molecule has 44 heavy (non-hydrogen) atoms. The van der Waals surface area contributed by atoms with Crippen molar-refractivity contribution in [2.24, 2.45) is 59.9 Å². The monoisotopic (exact) mass is 670 g/mol. The normalized spacial score (nSPS) is 41.3. The fourth-order valence-electron chi connectivity index (χ4n) is 10.3. The van der Waals surface area contributed by atoms with E-state index >= 15 is 0 Å². The Balaban J connectivity index is 1.34. The largest absolute Gasteiger partial charge is 0.312 e. The summed E-state index contributed by atoms with van der Waals surface area (Å²) >= 11 is 0. The van der Waals surface area contributed by atoms with Gasteiger partial charge in [0.2, 0.25) is 15.0 Å². The van der Waals surface area contributed by atoms with Crippen LogP contribution in [0.2, 0.25) is 0 Å². The fourth-order valence-corrected chi connectivity index (χ4v) is 21.1. The third-order valence-corrected chi connectivity index (χ3v) is 22.6. The molecule has 5 rings (SSSR count). The molecule has 0 aromatic rings. The van der Waals surface area contributed by atoms with Crippen molar-refractivity contribution < 1.29 is 4.52 Å². The van der Waals surface area contributed by atoms with Gasteiger partial charge < -0.3 is 4.52 Å². The van der Waals surface area contributed by atoms with Crippen molar-refractivity contribution in [3.63, 3.8) is 0 Å². The average Bonchev–Trinajstić information content (AvgIpc) is 3.38. The summed E-state index contributed by atoms with van der Waals surface area (Å²) in [7, 11) is 2.21. The maximum atomic E-state index is 7.05. The maximum Gasteiger partial charge on any atom is 0.279 e. The first-order chi connectivity index (χ1) is 20.9. The number of fused-ring (bicyclic) bond motifs is 5. The van der Waals surface area contributed by atoms with E-state index in [2.05, 4.69) is 66.1 Å². The molecule has 3 saturated carbocycles. The van der Waals surface area contributed by atoms with Crippen LogP contribution in [0.25, 0.3) is 0 Å². The Kier molecular flexibility index (Phi) is 11.0. The zero-order chi connectivity index (χ0) is 32.0. The minimum absolute atomic E-state index is 0.111. The van der Waals surface area contributed by atoms with Crippen LogP contribution in [0.5, 0.6) is 0 Å². The standard InChI is InChI=1S/C32H65N8OP3/c1-23(2)12-11-13-24(3)28-16-17-29-27-15-14-25-22-26(18-20-31(25,4)30(27)19-21-32(28,29)5)41-44(37-10)39-42(33-6,34-7)38-43(35-8,36-9)40-44/h14,23-24,26-30,33-37H,11-13,15-22H2,1-10H3/t24-,26+,27+,28-,29+,30+,31+,32-/m1/s1. The van der Waals surface area contributed by atoms with Gasteiger partial charge in [0, 0.05) is 0 Å². The molecule has 1 heterocycles. The van der Waals surface area contributed by atoms with Crippen molar-refractivity contribution in [2.75, 3.05) is 35.2 Å². The highest BCUT2D eigenvalue weighted by atomic mass is 31.3. The summed E-state index contributed by atoms with van der Waals surface area (Å²) in [5, 5.41) is 17.1. The summed E-state index contributed by atoms with van der Waals surface area (Å²) in [6.45, 7) is 12.7. The van der Waals surface area contributed by atoms with E-state index in [9.17, 15) is 0 Å². The lowest BCUT2D eigenvalue weighted by molar-refractivity contribution is -0.0556. The van der Waals surface area contributed by atoms with Gasteiger partial charge in [-0.15, -0.1) is 0 Å². The molecule has 12 heteroatoms. The first kappa shape index (κ1) is 35.5. The van der Waals surface area contributed by atoms with Crippen molar-refractivity contribution in [2.45, 2.75) is 111 Å². The number of hydrogen-bond acceptors (Lipinski definition) is 9. The molecule has 5 N–H and O–H groups in total. The van der Waals surface area contributed by atoms with Gasteiger partial charge in [-0.3, -0.25) is 20.3 Å². The number of nitrogens with zero attached hydrogens (tertiary/aromatic N) is 3. The van der Waals surface area contributed by atoms with Crippen LogP contribution in [0.3, 0.4) is 0 Å². The predicted molar refractivity (Wildman–Crippen MR) is 191 cm³/mol. The van der Waals surface area contributed by atoms with Crippen molar-refractivity contribution in [1.29, 1.82) is 0 Å². The van der Waals surface area contributed by atoms with Gasteiger partial charge in [0.15, 0.2) is 0 Å². The first-order valence-corrected chi connectivity index (χ1v) is 22.6. The van der Waals surface area contributed by atoms with E-state index in [4.69, 9.17) is 18.1 Å². The minimum atomic E-state index is -2.67. The molecule has 0 spiro atoms. The summed E-state index contributed by atoms with van der Waals surface area (Å²) in [6, 6.07) is 0. The molecular weight excluding hydrogens is 605 g/mol. The van der Waals surface area contributed by atoms with E-state index in [1.54, 1.807) is 5.57 Å². The van der Waals surface area contributed by atoms with Crippen molar-refractivity contribution in [3.8, 4) is 0 Å². The summed E-state index contributed by atoms with van der Waals surface area (Å²) < 4.78 is 22.6. The van der Waals surface area contributed by atoms with E-state index in [1.165, 1.54) is 57.8 Å². The van der Waals surface area contributed by atoms with Gasteiger partial charge in [-0.2, -0.15) is 13.5 Å². The average molecular weight is 671 g/mol. The maximum absolute atomic E-state index is 7.05. The van der Waals surface area contributed by atoms with Crippen molar-refractivity contribution >= 4 is 22.6 Å². The van der Waals surface area contributed by atoms with Gasteiger partial charge in [-0.25, -0.2) is 5.09 Å². The molecule has 0 radical (unpaired) electrons. The van der Waals surface area contributed by atoms with E-state index in [1.807, 2.05) is 35.2 Å². The molecule has 0 aromatic heterocycles. The van der Waals surface area contributed by atoms with Crippen LogP contribution >= 0.6 is 22.6 Å². The van der Waals surface area contributed by atoms with Gasteiger partial charge in [-0.05, 0) is 133 Å². The van der Waals surface area contributed by atoms with Gasteiger partial charge in [0.05, 0.1) is 6.10 Å². The molecule has 5 aliphatic rings. The van der Waals surface area contributed by atoms with Crippen LogP contribution in [0.1, 0.15) is 105 Å². The topological polar surface area (TPSA) is 106 Å². The zero-order valence-corrected chi connectivity index (χ0v) is 32.2. The smallest absolute Gasteiger partial charge is 0.279 e. The number of nitrogens with one attached hydrogen (secondary N) is 5. The SMILES string of the molecule is CNP1(NC)=NP(NC)(NC)=NP(NC)(O[C@H]2CC[C@@]3(C)C(=CC[C@H]4[C@@H]5CC[C@H]([C@H](C)CCCC(C)C)[C@@]5(C)CC[C@@H]43)C2)=N1. The highest BCUT2D eigenvalue weighted by molar-refractivity contribution is 7.82. The predicted octanol–water partition coefficient (Wildman–Crippen LogP) is 9.36. The third-order valence-electron chi connectivity index (χ3n) is 12.9. The van der Waals surface area contributed by atoms with E-state index in [0.29, 0.717) is 10.8 Å². The molecule has 0 amide bonds. The Bertz CT molecular complexity index is 1220. The molecular formula is C32H65N8OP3. The highest BCUT2D eigenvalue weighted by Gasteiger charge is 2.59. The lowest BCUT2D eigenvalue weighted by Crippen LogP contribution is -2.51. The molecule has 254 valence electrons. The minimum Gasteiger partial charge on any atom is -0.312 e. The van der Waals surface area contributed by atoms with Crippen LogP contribution in [0.4, 0.5) is 0 Å². The Morgan fingerprint density at radius 2 is 1.50 bits per heavy atom. The molecule has 1 aliphatic heterocycles. The van der Waals surface area contributed by atoms with E-state index < -0.39 is 22.6 Å². The Morgan fingerprint density at radius 3 is 2.14 bits per heavy atom. The second-order valence-electron chi connectivity index (χ2n) is 15.4. The Hall–Kier alpha value is 0.190. The highest BCUT2D eigenvalue weighted by Crippen LogP contribution is 2.73. The van der Waals surface area contributed by atoms with E-state index in [0.717, 1.165) is 48.3 Å². The first-order valence-electron chi connectivity index (χ1n) is 17.6. The molecule has 4 aliphatic carbocycles. The van der Waals surface area contributed by atoms with Gasteiger partial charge in [0.25, 0.3) is 7.58 Å². The van der Waals surface area contributed by atoms with Crippen LogP contribution < -0.4 is 25.4 Å². The van der Waals surface area contributed by atoms with Crippen LogP contribution in [0.15, 0.2) is 25.2 Å². The Labute approximate surface area is 270 Å². The number of rotatable bonds is 12. The number of hydrogen-bond donors (Lipinski definition) is 5. The van der Waals surface area contributed by atoms with Crippen LogP contribution in [-0.4, -0.2) is 41.3 Å². The summed E-state index contributed by atoms with van der Waals surface area (Å²) in [5.74, 6) is 5.16. The molecule has 3 fully saturated rings. The lowest BCUT2D eigenvalue weighted by Gasteiger charge is -2.58. The molecule has 0 saturated heterocycles. The molecule has 9 atom stereocenters. The quantitative estimate of drug-likeness (QED) is 0.105. The lowest BCUT2D eigenvalue weighted by atomic mass is 9.47. The molecule has 9 nitrogen and oxygen atoms in total. The zero-order valence-electron chi connectivity index (χ0n) is 29.5. The Morgan fingerprint density at radius 1 is 0.818 bits per heavy atom.